The number of ether oxygens (including phenoxy) is 1. The zero-order valence-corrected chi connectivity index (χ0v) is 12.9. The molecule has 0 radical (unpaired) electrons. The van der Waals surface area contributed by atoms with Crippen LogP contribution in [0, 0.1) is 13.8 Å². The number of halogens is 6. The summed E-state index contributed by atoms with van der Waals surface area (Å²) in [6.07, 6.45) is -10.1. The maximum Gasteiger partial charge on any atom is 0.416 e. The molecule has 1 aromatic carbocycles. The summed E-state index contributed by atoms with van der Waals surface area (Å²) < 4.78 is 86.3. The van der Waals surface area contributed by atoms with Crippen LogP contribution in [0.15, 0.2) is 22.7 Å². The average Bonchev–Trinajstić information content (AvgIpc) is 2.81. The fraction of sp³-hybridized carbons (Fsp3) is 0.333. The van der Waals surface area contributed by atoms with Crippen LogP contribution in [0.2, 0.25) is 0 Å². The van der Waals surface area contributed by atoms with Gasteiger partial charge >= 0.3 is 18.3 Å². The van der Waals surface area contributed by atoms with Crippen LogP contribution in [-0.2, 0) is 23.7 Å². The Bertz CT molecular complexity index is 740. The molecule has 2 rings (SSSR count). The molecule has 0 N–H and O–H groups in total. The molecule has 0 amide bonds. The van der Waals surface area contributed by atoms with Crippen molar-refractivity contribution in [2.24, 2.45) is 0 Å². The van der Waals surface area contributed by atoms with Gasteiger partial charge in [-0.3, -0.25) is 0 Å². The van der Waals surface area contributed by atoms with Crippen molar-refractivity contribution in [2.45, 2.75) is 32.8 Å². The van der Waals surface area contributed by atoms with Gasteiger partial charge in [0.1, 0.15) is 12.4 Å². The van der Waals surface area contributed by atoms with Gasteiger partial charge in [0.05, 0.1) is 27.9 Å². The van der Waals surface area contributed by atoms with Crippen LogP contribution < -0.4 is 0 Å². The number of hydrogen-bond acceptors (Lipinski definition) is 4. The number of rotatable bonds is 3. The fourth-order valence-corrected chi connectivity index (χ4v) is 2.00. The minimum absolute atomic E-state index is 0.0644. The van der Waals surface area contributed by atoms with Crippen LogP contribution in [0.5, 0.6) is 0 Å². The molecule has 0 atom stereocenters. The molecule has 0 aliphatic carbocycles. The molecule has 136 valence electrons. The Morgan fingerprint density at radius 1 is 1.04 bits per heavy atom. The van der Waals surface area contributed by atoms with E-state index in [0.29, 0.717) is 29.2 Å². The normalized spacial score (nSPS) is 12.3. The predicted molar refractivity (Wildman–Crippen MR) is 71.5 cm³/mol. The molecule has 10 heteroatoms. The number of carbonyl (C=O) groups is 1. The summed E-state index contributed by atoms with van der Waals surface area (Å²) in [5.74, 6) is -0.998. The molecule has 0 aliphatic rings. The first-order valence-electron chi connectivity index (χ1n) is 6.78. The highest BCUT2D eigenvalue weighted by atomic mass is 19.4. The molecule has 0 spiro atoms. The molecule has 0 saturated carbocycles. The van der Waals surface area contributed by atoms with E-state index in [1.165, 1.54) is 6.92 Å². The smallest absolute Gasteiger partial charge is 0.416 e. The summed E-state index contributed by atoms with van der Waals surface area (Å²) in [6.45, 7) is 2.68. The quantitative estimate of drug-likeness (QED) is 0.584. The van der Waals surface area contributed by atoms with Crippen LogP contribution in [0.1, 0.15) is 38.5 Å². The van der Waals surface area contributed by atoms with Gasteiger partial charge in [-0.2, -0.15) is 26.3 Å². The number of aryl methyl sites for hydroxylation is 2. The SMILES string of the molecule is Cc1noc(C)c1COC(=O)c1cc(C(F)(F)F)cc(C(F)(F)F)c1. The summed E-state index contributed by atoms with van der Waals surface area (Å²) in [7, 11) is 0. The van der Waals surface area contributed by atoms with Gasteiger partial charge in [-0.15, -0.1) is 0 Å². The van der Waals surface area contributed by atoms with Crippen LogP contribution in [0.25, 0.3) is 0 Å². The Balaban J connectivity index is 2.32. The molecule has 0 aliphatic heterocycles. The second-order valence-electron chi connectivity index (χ2n) is 5.17. The number of nitrogens with zero attached hydrogens (tertiary/aromatic N) is 1. The van der Waals surface area contributed by atoms with Gasteiger partial charge in [0.15, 0.2) is 0 Å². The summed E-state index contributed by atoms with van der Waals surface area (Å²) in [5, 5.41) is 3.60. The fourth-order valence-electron chi connectivity index (χ4n) is 2.00. The summed E-state index contributed by atoms with van der Waals surface area (Å²) in [4.78, 5) is 11.9. The highest BCUT2D eigenvalue weighted by Crippen LogP contribution is 2.36. The number of benzene rings is 1. The average molecular weight is 367 g/mol. The number of carbonyl (C=O) groups excluding carboxylic acids is 1. The minimum Gasteiger partial charge on any atom is -0.457 e. The van der Waals surface area contributed by atoms with Crippen molar-refractivity contribution in [3.05, 3.63) is 51.9 Å². The van der Waals surface area contributed by atoms with E-state index in [-0.39, 0.29) is 6.07 Å². The summed E-state index contributed by atoms with van der Waals surface area (Å²) >= 11 is 0. The van der Waals surface area contributed by atoms with E-state index in [1.807, 2.05) is 0 Å². The second kappa shape index (κ2) is 6.41. The maximum absolute atomic E-state index is 12.8. The van der Waals surface area contributed by atoms with Crippen LogP contribution in [0.3, 0.4) is 0 Å². The number of esters is 1. The molecular formula is C15H11F6NO3. The van der Waals surface area contributed by atoms with Gasteiger partial charge in [-0.1, -0.05) is 5.16 Å². The Morgan fingerprint density at radius 2 is 1.56 bits per heavy atom. The first kappa shape index (κ1) is 18.8. The van der Waals surface area contributed by atoms with Crippen molar-refractivity contribution in [3.8, 4) is 0 Å². The third-order valence-corrected chi connectivity index (χ3v) is 3.35. The topological polar surface area (TPSA) is 52.3 Å². The number of hydrogen-bond donors (Lipinski definition) is 0. The molecule has 4 nitrogen and oxygen atoms in total. The lowest BCUT2D eigenvalue weighted by Gasteiger charge is -2.13. The van der Waals surface area contributed by atoms with E-state index >= 15 is 0 Å². The summed E-state index contributed by atoms with van der Waals surface area (Å²) in [6, 6.07) is 0.556. The van der Waals surface area contributed by atoms with Crippen LogP contribution in [0.4, 0.5) is 26.3 Å². The van der Waals surface area contributed by atoms with E-state index in [1.54, 1.807) is 6.92 Å². The van der Waals surface area contributed by atoms with Crippen LogP contribution in [-0.4, -0.2) is 11.1 Å². The van der Waals surface area contributed by atoms with Gasteiger partial charge in [0, 0.05) is 0 Å². The predicted octanol–water partition coefficient (Wildman–Crippen LogP) is 4.69. The van der Waals surface area contributed by atoms with Crippen molar-refractivity contribution in [3.63, 3.8) is 0 Å². The van der Waals surface area contributed by atoms with Gasteiger partial charge in [0.25, 0.3) is 0 Å². The molecule has 25 heavy (non-hydrogen) atoms. The lowest BCUT2D eigenvalue weighted by Crippen LogP contribution is -2.14. The van der Waals surface area contributed by atoms with Crippen LogP contribution >= 0.6 is 0 Å². The Labute approximate surface area is 137 Å². The lowest BCUT2D eigenvalue weighted by molar-refractivity contribution is -0.143. The summed E-state index contributed by atoms with van der Waals surface area (Å²) in [5.41, 5.74) is -3.26. The first-order chi connectivity index (χ1) is 11.4. The van der Waals surface area contributed by atoms with Gasteiger partial charge in [-0.05, 0) is 32.0 Å². The number of alkyl halides is 6. The standard InChI is InChI=1S/C15H11F6NO3/c1-7-12(8(2)25-22-7)6-24-13(23)9-3-10(14(16,17)18)5-11(4-9)15(19,20)21/h3-5H,6H2,1-2H3. The minimum atomic E-state index is -5.04. The van der Waals surface area contributed by atoms with Crippen molar-refractivity contribution < 1.29 is 40.4 Å². The third-order valence-electron chi connectivity index (χ3n) is 3.35. The molecule has 0 unspecified atom stereocenters. The molecular weight excluding hydrogens is 356 g/mol. The zero-order chi connectivity index (χ0) is 19.0. The molecule has 1 heterocycles. The second-order valence-corrected chi connectivity index (χ2v) is 5.17. The van der Waals surface area contributed by atoms with E-state index in [9.17, 15) is 31.1 Å². The van der Waals surface area contributed by atoms with Gasteiger partial charge in [-0.25, -0.2) is 4.79 Å². The van der Waals surface area contributed by atoms with E-state index in [2.05, 4.69) is 5.16 Å². The van der Waals surface area contributed by atoms with Gasteiger partial charge in [0.2, 0.25) is 0 Å². The van der Waals surface area contributed by atoms with E-state index in [4.69, 9.17) is 9.26 Å². The highest BCUT2D eigenvalue weighted by molar-refractivity contribution is 5.90. The molecule has 1 aromatic heterocycles. The van der Waals surface area contributed by atoms with Crippen molar-refractivity contribution >= 4 is 5.97 Å². The Morgan fingerprint density at radius 3 is 1.96 bits per heavy atom. The monoisotopic (exact) mass is 367 g/mol. The molecule has 0 fully saturated rings. The van der Waals surface area contributed by atoms with Crippen molar-refractivity contribution in [2.75, 3.05) is 0 Å². The number of aromatic nitrogens is 1. The molecule has 0 bridgehead atoms. The lowest BCUT2D eigenvalue weighted by atomic mass is 10.0. The molecule has 0 saturated heterocycles. The zero-order valence-electron chi connectivity index (χ0n) is 12.9. The van der Waals surface area contributed by atoms with Crippen molar-refractivity contribution in [1.29, 1.82) is 0 Å². The third kappa shape index (κ3) is 4.31. The highest BCUT2D eigenvalue weighted by Gasteiger charge is 2.37. The van der Waals surface area contributed by atoms with Gasteiger partial charge < -0.3 is 9.26 Å². The first-order valence-corrected chi connectivity index (χ1v) is 6.78. The largest absolute Gasteiger partial charge is 0.457 e. The molecule has 2 aromatic rings. The van der Waals surface area contributed by atoms with E-state index < -0.39 is 41.6 Å². The Kier molecular flexibility index (Phi) is 4.83. The Hall–Kier alpha value is -2.52. The van der Waals surface area contributed by atoms with E-state index in [0.717, 1.165) is 0 Å². The van der Waals surface area contributed by atoms with Crippen molar-refractivity contribution in [1.82, 2.24) is 5.16 Å². The maximum atomic E-state index is 12.8.